The number of rotatable bonds is 4. The minimum absolute atomic E-state index is 0.00451. The van der Waals surface area contributed by atoms with Gasteiger partial charge in [-0.2, -0.15) is 0 Å². The zero-order valence-corrected chi connectivity index (χ0v) is 14.1. The van der Waals surface area contributed by atoms with E-state index in [1.54, 1.807) is 6.07 Å². The Morgan fingerprint density at radius 3 is 2.57 bits per heavy atom. The standard InChI is InChI=1S/C12H11BrN4O2S2/c1-7-4-11(16-6-9(7)13)17-21(18,19)8-2-3-10(12(14)20)15-5-8/h2-6H,1H3,(H2,14,20)(H,16,17). The summed E-state index contributed by atoms with van der Waals surface area (Å²) in [5, 5.41) is 0. The molecule has 0 saturated carbocycles. The molecule has 2 aromatic rings. The van der Waals surface area contributed by atoms with Crippen molar-refractivity contribution in [1.29, 1.82) is 0 Å². The first-order valence-corrected chi connectivity index (χ1v) is 8.39. The summed E-state index contributed by atoms with van der Waals surface area (Å²) in [6, 6.07) is 4.46. The van der Waals surface area contributed by atoms with Crippen LogP contribution in [0.15, 0.2) is 40.0 Å². The molecular formula is C12H11BrN4O2S2. The van der Waals surface area contributed by atoms with E-state index in [0.29, 0.717) is 5.69 Å². The molecule has 0 spiro atoms. The number of aryl methyl sites for hydroxylation is 1. The van der Waals surface area contributed by atoms with Gasteiger partial charge in [-0.05, 0) is 46.6 Å². The molecule has 2 rings (SSSR count). The molecular weight excluding hydrogens is 376 g/mol. The lowest BCUT2D eigenvalue weighted by Gasteiger charge is -2.08. The fourth-order valence-electron chi connectivity index (χ4n) is 1.48. The van der Waals surface area contributed by atoms with E-state index in [1.165, 1.54) is 24.5 Å². The molecule has 3 N–H and O–H groups in total. The van der Waals surface area contributed by atoms with Crippen LogP contribution in [0.1, 0.15) is 11.3 Å². The molecule has 2 aromatic heterocycles. The molecule has 0 radical (unpaired) electrons. The molecule has 110 valence electrons. The summed E-state index contributed by atoms with van der Waals surface area (Å²) in [4.78, 5) is 8.01. The van der Waals surface area contributed by atoms with E-state index in [0.717, 1.165) is 10.0 Å². The molecule has 6 nitrogen and oxygen atoms in total. The van der Waals surface area contributed by atoms with Gasteiger partial charge in [-0.15, -0.1) is 0 Å². The average molecular weight is 387 g/mol. The zero-order chi connectivity index (χ0) is 15.6. The fourth-order valence-corrected chi connectivity index (χ4v) is 2.76. The van der Waals surface area contributed by atoms with Gasteiger partial charge in [0.15, 0.2) is 0 Å². The average Bonchev–Trinajstić information content (AvgIpc) is 2.43. The van der Waals surface area contributed by atoms with E-state index in [9.17, 15) is 8.42 Å². The van der Waals surface area contributed by atoms with Crippen molar-refractivity contribution in [3.8, 4) is 0 Å². The molecule has 0 atom stereocenters. The first-order chi connectivity index (χ1) is 9.79. The van der Waals surface area contributed by atoms with Crippen molar-refractivity contribution in [3.05, 3.63) is 46.3 Å². The number of sulfonamides is 1. The van der Waals surface area contributed by atoms with E-state index in [4.69, 9.17) is 18.0 Å². The second-order valence-electron chi connectivity index (χ2n) is 4.17. The second-order valence-corrected chi connectivity index (χ2v) is 7.14. The lowest BCUT2D eigenvalue weighted by molar-refractivity contribution is 0.600. The lowest BCUT2D eigenvalue weighted by Crippen LogP contribution is -2.16. The van der Waals surface area contributed by atoms with Crippen molar-refractivity contribution in [1.82, 2.24) is 9.97 Å². The number of thiocarbonyl (C=S) groups is 1. The van der Waals surface area contributed by atoms with Crippen LogP contribution in [0.4, 0.5) is 5.82 Å². The van der Waals surface area contributed by atoms with Gasteiger partial charge in [0, 0.05) is 16.9 Å². The monoisotopic (exact) mass is 386 g/mol. The minimum Gasteiger partial charge on any atom is -0.388 e. The molecule has 0 amide bonds. The Morgan fingerprint density at radius 1 is 1.33 bits per heavy atom. The van der Waals surface area contributed by atoms with Crippen LogP contribution in [0.3, 0.4) is 0 Å². The quantitative estimate of drug-likeness (QED) is 0.779. The summed E-state index contributed by atoms with van der Waals surface area (Å²) in [6.07, 6.45) is 2.73. The number of halogens is 1. The third-order valence-corrected chi connectivity index (χ3v) is 4.96. The maximum Gasteiger partial charge on any atom is 0.264 e. The van der Waals surface area contributed by atoms with Crippen molar-refractivity contribution in [2.75, 3.05) is 4.72 Å². The predicted molar refractivity (Wildman–Crippen MR) is 87.6 cm³/mol. The topological polar surface area (TPSA) is 98.0 Å². The van der Waals surface area contributed by atoms with E-state index < -0.39 is 10.0 Å². The van der Waals surface area contributed by atoms with E-state index >= 15 is 0 Å². The molecule has 0 saturated heterocycles. The largest absolute Gasteiger partial charge is 0.388 e. The number of nitrogens with one attached hydrogen (secondary N) is 1. The Kier molecular flexibility index (Phi) is 4.55. The highest BCUT2D eigenvalue weighted by Crippen LogP contribution is 2.19. The molecule has 0 aromatic carbocycles. The van der Waals surface area contributed by atoms with Gasteiger partial charge < -0.3 is 5.73 Å². The van der Waals surface area contributed by atoms with E-state index in [2.05, 4.69) is 30.6 Å². The van der Waals surface area contributed by atoms with Crippen molar-refractivity contribution in [3.63, 3.8) is 0 Å². The SMILES string of the molecule is Cc1cc(NS(=O)(=O)c2ccc(C(N)=S)nc2)ncc1Br. The number of pyridine rings is 2. The summed E-state index contributed by atoms with van der Waals surface area (Å²) in [7, 11) is -3.76. The van der Waals surface area contributed by atoms with Crippen LogP contribution >= 0.6 is 28.1 Å². The van der Waals surface area contributed by atoms with Crippen molar-refractivity contribution < 1.29 is 8.42 Å². The number of nitrogens with zero attached hydrogens (tertiary/aromatic N) is 2. The molecule has 9 heteroatoms. The Balaban J connectivity index is 2.29. The van der Waals surface area contributed by atoms with Gasteiger partial charge in [0.1, 0.15) is 15.7 Å². The molecule has 21 heavy (non-hydrogen) atoms. The number of anilines is 1. The summed E-state index contributed by atoms with van der Waals surface area (Å²) < 4.78 is 27.6. The van der Waals surface area contributed by atoms with Crippen LogP contribution in [-0.2, 0) is 10.0 Å². The van der Waals surface area contributed by atoms with Crippen LogP contribution < -0.4 is 10.5 Å². The van der Waals surface area contributed by atoms with Crippen molar-refractivity contribution in [2.45, 2.75) is 11.8 Å². The molecule has 0 aliphatic carbocycles. The van der Waals surface area contributed by atoms with Gasteiger partial charge in [-0.1, -0.05) is 12.2 Å². The highest BCUT2D eigenvalue weighted by molar-refractivity contribution is 9.10. The van der Waals surface area contributed by atoms with Crippen LogP contribution in [0.25, 0.3) is 0 Å². The van der Waals surface area contributed by atoms with E-state index in [1.807, 2.05) is 6.92 Å². The molecule has 2 heterocycles. The molecule has 0 unspecified atom stereocenters. The number of hydrogen-bond donors (Lipinski definition) is 2. The third kappa shape index (κ3) is 3.74. The highest BCUT2D eigenvalue weighted by atomic mass is 79.9. The van der Waals surface area contributed by atoms with Crippen molar-refractivity contribution in [2.24, 2.45) is 5.73 Å². The first-order valence-electron chi connectivity index (χ1n) is 5.70. The zero-order valence-electron chi connectivity index (χ0n) is 10.9. The first kappa shape index (κ1) is 15.8. The maximum atomic E-state index is 12.2. The Bertz CT molecular complexity index is 791. The predicted octanol–water partition coefficient (Wildman–Crippen LogP) is 1.98. The Morgan fingerprint density at radius 2 is 2.05 bits per heavy atom. The third-order valence-electron chi connectivity index (χ3n) is 2.58. The van der Waals surface area contributed by atoms with Gasteiger partial charge in [-0.3, -0.25) is 9.71 Å². The van der Waals surface area contributed by atoms with Gasteiger partial charge in [0.25, 0.3) is 10.0 Å². The van der Waals surface area contributed by atoms with Gasteiger partial charge >= 0.3 is 0 Å². The number of aromatic nitrogens is 2. The minimum atomic E-state index is -3.76. The fraction of sp³-hybridized carbons (Fsp3) is 0.0833. The second kappa shape index (κ2) is 6.04. The van der Waals surface area contributed by atoms with E-state index in [-0.39, 0.29) is 15.7 Å². The smallest absolute Gasteiger partial charge is 0.264 e. The normalized spacial score (nSPS) is 11.1. The maximum absolute atomic E-state index is 12.2. The molecule has 0 fully saturated rings. The van der Waals surface area contributed by atoms with Gasteiger partial charge in [0.2, 0.25) is 0 Å². The highest BCUT2D eigenvalue weighted by Gasteiger charge is 2.16. The van der Waals surface area contributed by atoms with Gasteiger partial charge in [0.05, 0.1) is 5.69 Å². The van der Waals surface area contributed by atoms with Crippen LogP contribution in [0.5, 0.6) is 0 Å². The number of nitrogens with two attached hydrogens (primary N) is 1. The summed E-state index contributed by atoms with van der Waals surface area (Å²) in [5.74, 6) is 0.231. The van der Waals surface area contributed by atoms with Crippen LogP contribution in [0, 0.1) is 6.92 Å². The van der Waals surface area contributed by atoms with Gasteiger partial charge in [-0.25, -0.2) is 13.4 Å². The summed E-state index contributed by atoms with van der Waals surface area (Å²) >= 11 is 8.07. The molecule has 0 aliphatic heterocycles. The number of hydrogen-bond acceptors (Lipinski definition) is 5. The molecule has 0 bridgehead atoms. The molecule has 0 aliphatic rings. The van der Waals surface area contributed by atoms with Crippen LogP contribution in [-0.4, -0.2) is 23.4 Å². The van der Waals surface area contributed by atoms with Crippen molar-refractivity contribution >= 4 is 49.0 Å². The summed E-state index contributed by atoms with van der Waals surface area (Å²) in [6.45, 7) is 1.84. The Hall–Kier alpha value is -1.58. The Labute approximate surface area is 136 Å². The van der Waals surface area contributed by atoms with Crippen LogP contribution in [0.2, 0.25) is 0 Å². The summed E-state index contributed by atoms with van der Waals surface area (Å²) in [5.41, 5.74) is 6.64. The lowest BCUT2D eigenvalue weighted by atomic mass is 10.3.